The summed E-state index contributed by atoms with van der Waals surface area (Å²) in [6.07, 6.45) is 0. The van der Waals surface area contributed by atoms with Crippen molar-refractivity contribution < 1.29 is 0 Å². The summed E-state index contributed by atoms with van der Waals surface area (Å²) in [5, 5.41) is 8.10. The Kier molecular flexibility index (Phi) is 3.33. The molecule has 13 heavy (non-hydrogen) atoms. The van der Waals surface area contributed by atoms with Gasteiger partial charge in [0.25, 0.3) is 0 Å². The molecule has 0 fully saturated rings. The van der Waals surface area contributed by atoms with E-state index in [-0.39, 0.29) is 6.04 Å². The highest BCUT2D eigenvalue weighted by molar-refractivity contribution is 5.09. The van der Waals surface area contributed by atoms with Gasteiger partial charge in [-0.05, 0) is 33.2 Å². The zero-order valence-corrected chi connectivity index (χ0v) is 8.36. The van der Waals surface area contributed by atoms with Gasteiger partial charge < -0.3 is 5.73 Å². The molecule has 4 nitrogen and oxygen atoms in total. The smallest absolute Gasteiger partial charge is 0.0815 e. The molecule has 0 bridgehead atoms. The highest BCUT2D eigenvalue weighted by Crippen LogP contribution is 2.12. The van der Waals surface area contributed by atoms with E-state index in [0.717, 1.165) is 11.4 Å². The summed E-state index contributed by atoms with van der Waals surface area (Å²) in [5.74, 6) is 0. The lowest BCUT2D eigenvalue weighted by molar-refractivity contribution is 0.298. The van der Waals surface area contributed by atoms with Crippen LogP contribution in [0.3, 0.4) is 0 Å². The molecule has 0 aliphatic rings. The van der Waals surface area contributed by atoms with E-state index in [1.807, 2.05) is 38.1 Å². The van der Waals surface area contributed by atoms with Crippen LogP contribution in [0, 0.1) is 6.92 Å². The largest absolute Gasteiger partial charge is 0.329 e. The minimum absolute atomic E-state index is 0.160. The average molecular weight is 180 g/mol. The van der Waals surface area contributed by atoms with Gasteiger partial charge in [0.2, 0.25) is 0 Å². The first-order valence-electron chi connectivity index (χ1n) is 4.32. The zero-order chi connectivity index (χ0) is 9.84. The number of hydrogen-bond donors (Lipinski definition) is 1. The molecule has 0 spiro atoms. The standard InChI is InChI=1S/C9H16N4/c1-7-4-5-8(12-11-7)9(6-10)13(2)3/h4-5,9H,6,10H2,1-3H3. The summed E-state index contributed by atoms with van der Waals surface area (Å²) in [4.78, 5) is 2.04. The SMILES string of the molecule is Cc1ccc(C(CN)N(C)C)nn1. The summed E-state index contributed by atoms with van der Waals surface area (Å²) < 4.78 is 0. The van der Waals surface area contributed by atoms with Crippen molar-refractivity contribution in [2.24, 2.45) is 5.73 Å². The topological polar surface area (TPSA) is 55.0 Å². The molecule has 1 aromatic heterocycles. The molecule has 0 aromatic carbocycles. The van der Waals surface area contributed by atoms with Crippen LogP contribution in [0.4, 0.5) is 0 Å². The summed E-state index contributed by atoms with van der Waals surface area (Å²) >= 11 is 0. The third-order valence-corrected chi connectivity index (χ3v) is 2.01. The number of aryl methyl sites for hydroxylation is 1. The van der Waals surface area contributed by atoms with Crippen molar-refractivity contribution in [1.82, 2.24) is 15.1 Å². The van der Waals surface area contributed by atoms with E-state index in [1.54, 1.807) is 0 Å². The third-order valence-electron chi connectivity index (χ3n) is 2.01. The molecule has 1 unspecified atom stereocenters. The molecule has 0 saturated heterocycles. The first kappa shape index (κ1) is 10.1. The maximum absolute atomic E-state index is 5.63. The van der Waals surface area contributed by atoms with Gasteiger partial charge >= 0.3 is 0 Å². The van der Waals surface area contributed by atoms with Gasteiger partial charge in [0, 0.05) is 6.54 Å². The van der Waals surface area contributed by atoms with Gasteiger partial charge in [-0.3, -0.25) is 4.90 Å². The van der Waals surface area contributed by atoms with Crippen molar-refractivity contribution in [2.45, 2.75) is 13.0 Å². The second kappa shape index (κ2) is 4.30. The molecule has 0 aliphatic heterocycles. The number of nitrogens with two attached hydrogens (primary N) is 1. The van der Waals surface area contributed by atoms with Gasteiger partial charge in [-0.15, -0.1) is 0 Å². The van der Waals surface area contributed by atoms with Crippen LogP contribution in [-0.2, 0) is 0 Å². The molecule has 0 amide bonds. The lowest BCUT2D eigenvalue weighted by Gasteiger charge is -2.21. The van der Waals surface area contributed by atoms with E-state index in [0.29, 0.717) is 6.54 Å². The summed E-state index contributed by atoms with van der Waals surface area (Å²) in [6.45, 7) is 2.48. The number of hydrogen-bond acceptors (Lipinski definition) is 4. The Bertz CT molecular complexity index is 255. The van der Waals surface area contributed by atoms with Gasteiger partial charge in [0.1, 0.15) is 0 Å². The molecule has 1 rings (SSSR count). The monoisotopic (exact) mass is 180 g/mol. The highest BCUT2D eigenvalue weighted by Gasteiger charge is 2.13. The molecule has 2 N–H and O–H groups in total. The Labute approximate surface area is 78.8 Å². The fourth-order valence-electron chi connectivity index (χ4n) is 1.18. The molecule has 0 radical (unpaired) electrons. The van der Waals surface area contributed by atoms with E-state index in [9.17, 15) is 0 Å². The number of nitrogens with zero attached hydrogens (tertiary/aromatic N) is 3. The van der Waals surface area contributed by atoms with Crippen molar-refractivity contribution >= 4 is 0 Å². The number of aromatic nitrogens is 2. The maximum Gasteiger partial charge on any atom is 0.0815 e. The van der Waals surface area contributed by atoms with Crippen molar-refractivity contribution in [3.8, 4) is 0 Å². The van der Waals surface area contributed by atoms with E-state index < -0.39 is 0 Å². The molecular formula is C9H16N4. The predicted octanol–water partition coefficient (Wildman–Crippen LogP) is 0.346. The van der Waals surface area contributed by atoms with Gasteiger partial charge in [-0.25, -0.2) is 0 Å². The van der Waals surface area contributed by atoms with Crippen molar-refractivity contribution in [3.63, 3.8) is 0 Å². The van der Waals surface area contributed by atoms with Gasteiger partial charge in [0.05, 0.1) is 17.4 Å². The third kappa shape index (κ3) is 2.47. The summed E-state index contributed by atoms with van der Waals surface area (Å²) in [5.41, 5.74) is 7.49. The lowest BCUT2D eigenvalue weighted by Crippen LogP contribution is -2.28. The van der Waals surface area contributed by atoms with Crippen LogP contribution < -0.4 is 5.73 Å². The first-order valence-corrected chi connectivity index (χ1v) is 4.32. The predicted molar refractivity (Wildman–Crippen MR) is 52.3 cm³/mol. The molecule has 1 heterocycles. The Morgan fingerprint density at radius 1 is 1.38 bits per heavy atom. The van der Waals surface area contributed by atoms with Crippen LogP contribution >= 0.6 is 0 Å². The molecular weight excluding hydrogens is 164 g/mol. The summed E-state index contributed by atoms with van der Waals surface area (Å²) in [7, 11) is 3.97. The van der Waals surface area contributed by atoms with Crippen molar-refractivity contribution in [1.29, 1.82) is 0 Å². The van der Waals surface area contributed by atoms with Gasteiger partial charge in [0.15, 0.2) is 0 Å². The van der Waals surface area contributed by atoms with Crippen LogP contribution in [0.5, 0.6) is 0 Å². The van der Waals surface area contributed by atoms with Crippen LogP contribution in [0.15, 0.2) is 12.1 Å². The molecule has 4 heteroatoms. The first-order chi connectivity index (χ1) is 6.15. The van der Waals surface area contributed by atoms with Gasteiger partial charge in [-0.1, -0.05) is 0 Å². The van der Waals surface area contributed by atoms with Crippen molar-refractivity contribution in [2.75, 3.05) is 20.6 Å². The molecule has 0 saturated carbocycles. The average Bonchev–Trinajstić information content (AvgIpc) is 2.09. The molecule has 0 aliphatic carbocycles. The van der Waals surface area contributed by atoms with Crippen LogP contribution in [0.2, 0.25) is 0 Å². The Morgan fingerprint density at radius 2 is 2.08 bits per heavy atom. The van der Waals surface area contributed by atoms with Gasteiger partial charge in [-0.2, -0.15) is 10.2 Å². The van der Waals surface area contributed by atoms with Crippen LogP contribution in [0.1, 0.15) is 17.4 Å². The molecule has 1 atom stereocenters. The van der Waals surface area contributed by atoms with E-state index in [2.05, 4.69) is 10.2 Å². The van der Waals surface area contributed by atoms with Crippen LogP contribution in [-0.4, -0.2) is 35.7 Å². The number of rotatable bonds is 3. The van der Waals surface area contributed by atoms with E-state index in [4.69, 9.17) is 5.73 Å². The fraction of sp³-hybridized carbons (Fsp3) is 0.556. The number of likely N-dealkylation sites (N-methyl/N-ethyl adjacent to an activating group) is 1. The minimum Gasteiger partial charge on any atom is -0.329 e. The maximum atomic E-state index is 5.63. The second-order valence-electron chi connectivity index (χ2n) is 3.31. The lowest BCUT2D eigenvalue weighted by atomic mass is 10.2. The molecule has 72 valence electrons. The zero-order valence-electron chi connectivity index (χ0n) is 8.36. The minimum atomic E-state index is 0.160. The second-order valence-corrected chi connectivity index (χ2v) is 3.31. The normalized spacial score (nSPS) is 13.3. The molecule has 1 aromatic rings. The van der Waals surface area contributed by atoms with Crippen molar-refractivity contribution in [3.05, 3.63) is 23.5 Å². The Hall–Kier alpha value is -1.00. The highest BCUT2D eigenvalue weighted by atomic mass is 15.2. The quantitative estimate of drug-likeness (QED) is 0.729. The van der Waals surface area contributed by atoms with Crippen LogP contribution in [0.25, 0.3) is 0 Å². The Morgan fingerprint density at radius 3 is 2.46 bits per heavy atom. The summed E-state index contributed by atoms with van der Waals surface area (Å²) in [6, 6.07) is 4.09. The van der Waals surface area contributed by atoms with E-state index >= 15 is 0 Å². The fourth-order valence-corrected chi connectivity index (χ4v) is 1.18. The Balaban J connectivity index is 2.86. The van der Waals surface area contributed by atoms with E-state index in [1.165, 1.54) is 0 Å².